The van der Waals surface area contributed by atoms with Crippen molar-refractivity contribution in [3.8, 4) is 0 Å². The molecule has 3 N–H and O–H groups in total. The molecule has 1 unspecified atom stereocenters. The third kappa shape index (κ3) is 4.52. The Morgan fingerprint density at radius 3 is 2.17 bits per heavy atom. The van der Waals surface area contributed by atoms with Gasteiger partial charge in [0, 0.05) is 24.7 Å². The van der Waals surface area contributed by atoms with Gasteiger partial charge in [-0.25, -0.2) is 4.79 Å². The van der Waals surface area contributed by atoms with Gasteiger partial charge in [-0.1, -0.05) is 30.3 Å². The fourth-order valence-corrected chi connectivity index (χ4v) is 4.30. The molecule has 1 saturated heterocycles. The van der Waals surface area contributed by atoms with Gasteiger partial charge in [0.25, 0.3) is 0 Å². The average molecular weight is 424 g/mol. The Morgan fingerprint density at radius 1 is 1.17 bits per heavy atom. The second-order valence-corrected chi connectivity index (χ2v) is 7.88. The van der Waals surface area contributed by atoms with Gasteiger partial charge in [0.05, 0.1) is 0 Å². The van der Waals surface area contributed by atoms with Gasteiger partial charge in [-0.05, 0) is 50.8 Å². The molecular weight excluding hydrogens is 397 g/mol. The highest BCUT2D eigenvalue weighted by Gasteiger charge is 2.48. The van der Waals surface area contributed by atoms with E-state index in [4.69, 9.17) is 10.8 Å². The molecule has 1 atom stereocenters. The van der Waals surface area contributed by atoms with Crippen molar-refractivity contribution >= 4 is 5.97 Å². The molecule has 0 bridgehead atoms. The van der Waals surface area contributed by atoms with Crippen molar-refractivity contribution in [1.29, 1.82) is 0 Å². The maximum Gasteiger partial charge on any atom is 0.435 e. The van der Waals surface area contributed by atoms with Gasteiger partial charge >= 0.3 is 12.1 Å². The van der Waals surface area contributed by atoms with Gasteiger partial charge in [-0.2, -0.15) is 18.3 Å². The fraction of sp³-hybridized carbons (Fsp3) is 0.524. The molecular formula is C21H27F3N4O2. The third-order valence-corrected chi connectivity index (χ3v) is 6.08. The number of hydrogen-bond acceptors (Lipinski definition) is 4. The van der Waals surface area contributed by atoms with E-state index in [-0.39, 0.29) is 11.6 Å². The van der Waals surface area contributed by atoms with Crippen LogP contribution in [0.2, 0.25) is 0 Å². The molecule has 0 radical (unpaired) electrons. The van der Waals surface area contributed by atoms with Gasteiger partial charge in [-0.15, -0.1) is 0 Å². The summed E-state index contributed by atoms with van der Waals surface area (Å²) in [5.74, 6) is -1.44. The first kappa shape index (κ1) is 22.3. The first-order valence-electron chi connectivity index (χ1n) is 10.1. The largest absolute Gasteiger partial charge is 0.477 e. The summed E-state index contributed by atoms with van der Waals surface area (Å²) in [5.41, 5.74) is 6.46. The van der Waals surface area contributed by atoms with E-state index in [9.17, 15) is 18.0 Å². The normalized spacial score (nSPS) is 19.5. The second kappa shape index (κ2) is 8.77. The first-order valence-corrected chi connectivity index (χ1v) is 10.1. The molecule has 0 amide bonds. The molecule has 1 aliphatic carbocycles. The minimum absolute atomic E-state index is 0.190. The number of carbonyl (C=O) groups is 1. The topological polar surface area (TPSA) is 84.4 Å². The number of likely N-dealkylation sites (tertiary alicyclic amines) is 1. The second-order valence-electron chi connectivity index (χ2n) is 7.88. The van der Waals surface area contributed by atoms with Crippen molar-refractivity contribution in [2.45, 2.75) is 49.9 Å². The summed E-state index contributed by atoms with van der Waals surface area (Å²) in [6, 6.07) is 11.3. The maximum absolute atomic E-state index is 12.0. The van der Waals surface area contributed by atoms with Crippen LogP contribution in [-0.2, 0) is 13.2 Å². The van der Waals surface area contributed by atoms with E-state index in [2.05, 4.69) is 40.3 Å². The molecule has 2 fully saturated rings. The summed E-state index contributed by atoms with van der Waals surface area (Å²) in [5, 5.41) is 11.4. The zero-order chi connectivity index (χ0) is 21.9. The molecule has 0 spiro atoms. The van der Waals surface area contributed by atoms with E-state index < -0.39 is 23.5 Å². The molecule has 9 heteroatoms. The first-order chi connectivity index (χ1) is 14.1. The fourth-order valence-electron chi connectivity index (χ4n) is 4.30. The lowest BCUT2D eigenvalue weighted by Gasteiger charge is -2.52. The Hall–Kier alpha value is -2.39. The number of hydrogen-bond donors (Lipinski definition) is 2. The number of carboxylic acid groups (broad SMARTS) is 1. The molecule has 4 rings (SSSR count). The lowest BCUT2D eigenvalue weighted by molar-refractivity contribution is -0.141. The number of alkyl halides is 3. The number of aromatic nitrogens is 2. The molecule has 2 aromatic rings. The van der Waals surface area contributed by atoms with Gasteiger partial charge < -0.3 is 10.8 Å². The van der Waals surface area contributed by atoms with Crippen LogP contribution >= 0.6 is 0 Å². The molecule has 2 heterocycles. The Balaban J connectivity index is 0.000000178. The minimum Gasteiger partial charge on any atom is -0.477 e. The Kier molecular flexibility index (Phi) is 6.52. The summed E-state index contributed by atoms with van der Waals surface area (Å²) in [7, 11) is 1.14. The predicted molar refractivity (Wildman–Crippen MR) is 106 cm³/mol. The Labute approximate surface area is 173 Å². The van der Waals surface area contributed by atoms with Crippen molar-refractivity contribution in [3.63, 3.8) is 0 Å². The van der Waals surface area contributed by atoms with Crippen LogP contribution in [0.25, 0.3) is 0 Å². The summed E-state index contributed by atoms with van der Waals surface area (Å²) < 4.78 is 36.6. The standard InChI is InChI=1S/C15H22N2.C6H5F3N2O2/c16-14(13-7-2-1-3-8-13)15(9-6-10-15)17-11-4-5-12-17;1-11-3(5(12)13)2-4(10-11)6(7,8)9/h1-3,7-8,14H,4-6,9-12,16H2;2H,1H3,(H,12,13). The molecule has 1 aromatic carbocycles. The van der Waals surface area contributed by atoms with E-state index in [1.165, 1.54) is 50.8 Å². The van der Waals surface area contributed by atoms with Crippen LogP contribution < -0.4 is 5.73 Å². The Bertz CT molecular complexity index is 857. The van der Waals surface area contributed by atoms with Crippen LogP contribution in [-0.4, -0.2) is 44.4 Å². The number of benzene rings is 1. The quantitative estimate of drug-likeness (QED) is 0.779. The lowest BCUT2D eigenvalue weighted by Crippen LogP contribution is -2.58. The van der Waals surface area contributed by atoms with E-state index in [0.717, 1.165) is 7.05 Å². The smallest absolute Gasteiger partial charge is 0.435 e. The summed E-state index contributed by atoms with van der Waals surface area (Å²) in [4.78, 5) is 13.0. The summed E-state index contributed by atoms with van der Waals surface area (Å²) >= 11 is 0. The SMILES string of the molecule is Cn1nc(C(F)(F)F)cc1C(=O)O.NC(c1ccccc1)C1(N2CCCC2)CCC1. The van der Waals surface area contributed by atoms with E-state index >= 15 is 0 Å². The van der Waals surface area contributed by atoms with Gasteiger partial charge in [0.1, 0.15) is 5.69 Å². The van der Waals surface area contributed by atoms with Crippen LogP contribution in [0.3, 0.4) is 0 Å². The number of nitrogens with two attached hydrogens (primary N) is 1. The van der Waals surface area contributed by atoms with E-state index in [1.807, 2.05) is 0 Å². The number of rotatable bonds is 4. The van der Waals surface area contributed by atoms with Crippen LogP contribution in [0.15, 0.2) is 36.4 Å². The van der Waals surface area contributed by atoms with Crippen molar-refractivity contribution < 1.29 is 23.1 Å². The third-order valence-electron chi connectivity index (χ3n) is 6.08. The number of halogens is 3. The van der Waals surface area contributed by atoms with Crippen molar-refractivity contribution in [2.75, 3.05) is 13.1 Å². The van der Waals surface area contributed by atoms with Gasteiger partial charge in [0.15, 0.2) is 5.69 Å². The number of nitrogens with zero attached hydrogens (tertiary/aromatic N) is 3. The van der Waals surface area contributed by atoms with Crippen LogP contribution in [0.5, 0.6) is 0 Å². The van der Waals surface area contributed by atoms with Crippen LogP contribution in [0.1, 0.15) is 59.9 Å². The van der Waals surface area contributed by atoms with E-state index in [1.54, 1.807) is 0 Å². The molecule has 2 aliphatic rings. The molecule has 164 valence electrons. The van der Waals surface area contributed by atoms with Crippen molar-refractivity contribution in [1.82, 2.24) is 14.7 Å². The van der Waals surface area contributed by atoms with Crippen molar-refractivity contribution in [2.24, 2.45) is 12.8 Å². The average Bonchev–Trinajstić information content (AvgIpc) is 3.32. The summed E-state index contributed by atoms with van der Waals surface area (Å²) in [6.45, 7) is 2.50. The molecule has 30 heavy (non-hydrogen) atoms. The van der Waals surface area contributed by atoms with Crippen LogP contribution in [0.4, 0.5) is 13.2 Å². The van der Waals surface area contributed by atoms with E-state index in [0.29, 0.717) is 10.7 Å². The van der Waals surface area contributed by atoms with Gasteiger partial charge in [0.2, 0.25) is 0 Å². The highest BCUT2D eigenvalue weighted by molar-refractivity contribution is 5.85. The zero-order valence-corrected chi connectivity index (χ0v) is 16.9. The minimum atomic E-state index is -4.61. The number of aryl methyl sites for hydroxylation is 1. The van der Waals surface area contributed by atoms with Gasteiger partial charge in [-0.3, -0.25) is 9.58 Å². The molecule has 6 nitrogen and oxygen atoms in total. The molecule has 1 aliphatic heterocycles. The monoisotopic (exact) mass is 424 g/mol. The van der Waals surface area contributed by atoms with Crippen LogP contribution in [0, 0.1) is 0 Å². The predicted octanol–water partition coefficient (Wildman–Crippen LogP) is 3.84. The Morgan fingerprint density at radius 2 is 1.77 bits per heavy atom. The molecule has 1 saturated carbocycles. The zero-order valence-electron chi connectivity index (χ0n) is 16.9. The maximum atomic E-state index is 12.0. The number of aromatic carboxylic acids is 1. The highest BCUT2D eigenvalue weighted by atomic mass is 19.4. The number of carboxylic acids is 1. The molecule has 1 aromatic heterocycles. The summed E-state index contributed by atoms with van der Waals surface area (Å²) in [6.07, 6.45) is 2.00. The lowest BCUT2D eigenvalue weighted by atomic mass is 9.68. The highest BCUT2D eigenvalue weighted by Crippen LogP contribution is 2.46. The van der Waals surface area contributed by atoms with Crippen molar-refractivity contribution in [3.05, 3.63) is 53.3 Å².